The predicted molar refractivity (Wildman–Crippen MR) is 126 cm³/mol. The maximum absolute atomic E-state index is 13.1. The van der Waals surface area contributed by atoms with Crippen LogP contribution in [0.5, 0.6) is 11.5 Å². The molecule has 0 bridgehead atoms. The fraction of sp³-hybridized carbons (Fsp3) is 0.208. The summed E-state index contributed by atoms with van der Waals surface area (Å²) in [5, 5.41) is 3.86. The van der Waals surface area contributed by atoms with Crippen molar-refractivity contribution in [2.45, 2.75) is 18.2 Å². The van der Waals surface area contributed by atoms with Crippen molar-refractivity contribution in [3.8, 4) is 11.5 Å². The van der Waals surface area contributed by atoms with Gasteiger partial charge in [-0.2, -0.15) is 0 Å². The first-order chi connectivity index (χ1) is 16.1. The molecular weight excluding hydrogens is 442 g/mol. The van der Waals surface area contributed by atoms with Gasteiger partial charge in [0.1, 0.15) is 5.76 Å². The molecule has 4 rings (SSSR count). The number of furan rings is 1. The van der Waals surface area contributed by atoms with E-state index in [1.807, 2.05) is 18.2 Å². The molecule has 0 radical (unpaired) electrons. The van der Waals surface area contributed by atoms with Gasteiger partial charge < -0.3 is 19.2 Å². The van der Waals surface area contributed by atoms with Gasteiger partial charge in [0.05, 0.1) is 43.7 Å². The van der Waals surface area contributed by atoms with E-state index in [0.717, 1.165) is 5.56 Å². The van der Waals surface area contributed by atoms with E-state index in [1.165, 1.54) is 16.3 Å². The molecule has 0 unspecified atom stereocenters. The summed E-state index contributed by atoms with van der Waals surface area (Å²) in [6.07, 6.45) is 1.56. The molecule has 4 aromatic rings. The van der Waals surface area contributed by atoms with Gasteiger partial charge in [-0.1, -0.05) is 30.0 Å². The van der Waals surface area contributed by atoms with E-state index in [9.17, 15) is 9.59 Å². The number of rotatable bonds is 9. The Bertz CT molecular complexity index is 1320. The summed E-state index contributed by atoms with van der Waals surface area (Å²) in [6.45, 7) is 0.573. The lowest BCUT2D eigenvalue weighted by Crippen LogP contribution is -2.27. The maximum atomic E-state index is 13.1. The van der Waals surface area contributed by atoms with Gasteiger partial charge in [0, 0.05) is 6.54 Å². The lowest BCUT2D eigenvalue weighted by atomic mass is 10.2. The lowest BCUT2D eigenvalue weighted by molar-refractivity contribution is -0.118. The van der Waals surface area contributed by atoms with Crippen LogP contribution in [-0.2, 0) is 17.9 Å². The van der Waals surface area contributed by atoms with Gasteiger partial charge in [0.2, 0.25) is 5.91 Å². The topological polar surface area (TPSA) is 95.6 Å². The number of nitrogens with one attached hydrogen (secondary N) is 1. The average Bonchev–Trinajstić information content (AvgIpc) is 3.36. The number of hydrogen-bond donors (Lipinski definition) is 1. The molecule has 0 aliphatic heterocycles. The molecule has 1 amide bonds. The summed E-state index contributed by atoms with van der Waals surface area (Å²) >= 11 is 1.21. The number of amides is 1. The minimum absolute atomic E-state index is 0.107. The highest BCUT2D eigenvalue weighted by atomic mass is 32.2. The molecule has 33 heavy (non-hydrogen) atoms. The number of carbonyl (C=O) groups excluding carboxylic acids is 1. The third-order valence-corrected chi connectivity index (χ3v) is 5.97. The second-order valence-corrected chi connectivity index (χ2v) is 8.08. The Hall–Kier alpha value is -3.72. The number of benzene rings is 2. The van der Waals surface area contributed by atoms with Crippen molar-refractivity contribution in [2.75, 3.05) is 20.0 Å². The Balaban J connectivity index is 1.48. The first-order valence-electron chi connectivity index (χ1n) is 10.2. The van der Waals surface area contributed by atoms with Crippen LogP contribution in [0.1, 0.15) is 11.3 Å². The summed E-state index contributed by atoms with van der Waals surface area (Å²) in [7, 11) is 3.14. The lowest BCUT2D eigenvalue weighted by Gasteiger charge is -2.12. The number of thioether (sulfide) groups is 1. The van der Waals surface area contributed by atoms with Crippen LogP contribution in [0.3, 0.4) is 0 Å². The quantitative estimate of drug-likeness (QED) is 0.299. The standard InChI is InChI=1S/C24H23N3O5S/c1-30-20-10-9-16(12-21(20)31-2)13-25-22(28)15-33-24-26-19-8-4-3-7-18(19)23(29)27(24)14-17-6-5-11-32-17/h3-12H,13-15H2,1-2H3,(H,25,28). The molecule has 0 spiro atoms. The minimum atomic E-state index is -0.179. The largest absolute Gasteiger partial charge is 0.493 e. The monoisotopic (exact) mass is 465 g/mol. The van der Waals surface area contributed by atoms with Gasteiger partial charge in [-0.05, 0) is 42.0 Å². The summed E-state index contributed by atoms with van der Waals surface area (Å²) < 4.78 is 17.5. The molecule has 170 valence electrons. The van der Waals surface area contributed by atoms with Gasteiger partial charge in [-0.25, -0.2) is 4.98 Å². The molecule has 0 atom stereocenters. The Morgan fingerprint density at radius 1 is 1.09 bits per heavy atom. The molecule has 8 nitrogen and oxygen atoms in total. The van der Waals surface area contributed by atoms with Crippen molar-refractivity contribution < 1.29 is 18.7 Å². The van der Waals surface area contributed by atoms with Crippen molar-refractivity contribution in [1.82, 2.24) is 14.9 Å². The highest BCUT2D eigenvalue weighted by Crippen LogP contribution is 2.27. The van der Waals surface area contributed by atoms with Gasteiger partial charge >= 0.3 is 0 Å². The molecule has 2 heterocycles. The molecule has 0 saturated heterocycles. The van der Waals surface area contributed by atoms with E-state index < -0.39 is 0 Å². The zero-order chi connectivity index (χ0) is 23.2. The normalized spacial score (nSPS) is 10.8. The van der Waals surface area contributed by atoms with Crippen LogP contribution in [0, 0.1) is 0 Å². The Kier molecular flexibility index (Phi) is 6.99. The number of fused-ring (bicyclic) bond motifs is 1. The Morgan fingerprint density at radius 2 is 1.91 bits per heavy atom. The van der Waals surface area contributed by atoms with E-state index >= 15 is 0 Å². The van der Waals surface area contributed by atoms with E-state index in [4.69, 9.17) is 13.9 Å². The molecule has 1 N–H and O–H groups in total. The number of hydrogen-bond acceptors (Lipinski definition) is 7. The fourth-order valence-corrected chi connectivity index (χ4v) is 4.16. The molecule has 2 aromatic heterocycles. The Morgan fingerprint density at radius 3 is 2.67 bits per heavy atom. The number of aromatic nitrogens is 2. The summed E-state index contributed by atoms with van der Waals surface area (Å²) in [6, 6.07) is 16.2. The number of nitrogens with zero attached hydrogens (tertiary/aromatic N) is 2. The fourth-order valence-electron chi connectivity index (χ4n) is 3.33. The van der Waals surface area contributed by atoms with Crippen LogP contribution in [0.15, 0.2) is 75.2 Å². The van der Waals surface area contributed by atoms with Gasteiger partial charge in [-0.3, -0.25) is 14.2 Å². The van der Waals surface area contributed by atoms with Crippen molar-refractivity contribution in [3.05, 3.63) is 82.5 Å². The highest BCUT2D eigenvalue weighted by Gasteiger charge is 2.15. The smallest absolute Gasteiger partial charge is 0.262 e. The minimum Gasteiger partial charge on any atom is -0.493 e. The summed E-state index contributed by atoms with van der Waals surface area (Å²) in [5.74, 6) is 1.78. The van der Waals surface area contributed by atoms with E-state index in [0.29, 0.717) is 39.9 Å². The molecule has 0 fully saturated rings. The van der Waals surface area contributed by atoms with Gasteiger partial charge in [0.25, 0.3) is 5.56 Å². The van der Waals surface area contributed by atoms with Crippen LogP contribution in [-0.4, -0.2) is 35.4 Å². The van der Waals surface area contributed by atoms with E-state index in [1.54, 1.807) is 56.9 Å². The van der Waals surface area contributed by atoms with Crippen molar-refractivity contribution in [1.29, 1.82) is 0 Å². The van der Waals surface area contributed by atoms with E-state index in [-0.39, 0.29) is 23.8 Å². The summed E-state index contributed by atoms with van der Waals surface area (Å²) in [5.41, 5.74) is 1.29. The average molecular weight is 466 g/mol. The second kappa shape index (κ2) is 10.3. The first-order valence-corrected chi connectivity index (χ1v) is 11.2. The van der Waals surface area contributed by atoms with Crippen LogP contribution in [0.2, 0.25) is 0 Å². The third kappa shape index (κ3) is 5.20. The number of carbonyl (C=O) groups is 1. The predicted octanol–water partition coefficient (Wildman–Crippen LogP) is 3.46. The van der Waals surface area contributed by atoms with Gasteiger partial charge in [-0.15, -0.1) is 0 Å². The maximum Gasteiger partial charge on any atom is 0.262 e. The molecule has 0 saturated carbocycles. The second-order valence-electron chi connectivity index (χ2n) is 7.14. The molecule has 0 aliphatic carbocycles. The molecule has 2 aromatic carbocycles. The van der Waals surface area contributed by atoms with Crippen LogP contribution in [0.25, 0.3) is 10.9 Å². The molecule has 0 aliphatic rings. The zero-order valence-electron chi connectivity index (χ0n) is 18.2. The highest BCUT2D eigenvalue weighted by molar-refractivity contribution is 7.99. The van der Waals surface area contributed by atoms with Crippen molar-refractivity contribution in [2.24, 2.45) is 0 Å². The van der Waals surface area contributed by atoms with Crippen LogP contribution in [0.4, 0.5) is 0 Å². The van der Waals surface area contributed by atoms with Crippen LogP contribution >= 0.6 is 11.8 Å². The van der Waals surface area contributed by atoms with Crippen LogP contribution < -0.4 is 20.3 Å². The number of ether oxygens (including phenoxy) is 2. The molecule has 9 heteroatoms. The van der Waals surface area contributed by atoms with Gasteiger partial charge in [0.15, 0.2) is 16.7 Å². The Labute approximate surface area is 194 Å². The number of methoxy groups -OCH3 is 2. The SMILES string of the molecule is COc1ccc(CNC(=O)CSc2nc3ccccc3c(=O)n2Cc2ccco2)cc1OC. The van der Waals surface area contributed by atoms with E-state index in [2.05, 4.69) is 10.3 Å². The molecular formula is C24H23N3O5S. The van der Waals surface area contributed by atoms with Crippen molar-refractivity contribution >= 4 is 28.6 Å². The number of para-hydroxylation sites is 1. The summed E-state index contributed by atoms with van der Waals surface area (Å²) in [4.78, 5) is 30.2. The first kappa shape index (κ1) is 22.5. The zero-order valence-corrected chi connectivity index (χ0v) is 19.1. The van der Waals surface area contributed by atoms with Crippen molar-refractivity contribution in [3.63, 3.8) is 0 Å². The third-order valence-electron chi connectivity index (χ3n) is 4.99.